The second-order valence-electron chi connectivity index (χ2n) is 6.72. The van der Waals surface area contributed by atoms with Gasteiger partial charge in [-0.15, -0.1) is 0 Å². The number of hydrogen-bond donors (Lipinski definition) is 2. The van der Waals surface area contributed by atoms with Gasteiger partial charge in [-0.3, -0.25) is 9.59 Å². The van der Waals surface area contributed by atoms with Gasteiger partial charge in [0, 0.05) is 18.4 Å². The van der Waals surface area contributed by atoms with Crippen molar-refractivity contribution in [3.63, 3.8) is 0 Å². The van der Waals surface area contributed by atoms with E-state index in [-0.39, 0.29) is 11.8 Å². The molecule has 0 unspecified atom stereocenters. The summed E-state index contributed by atoms with van der Waals surface area (Å²) in [5.74, 6) is 0.727. The van der Waals surface area contributed by atoms with Crippen molar-refractivity contribution in [2.75, 3.05) is 7.05 Å². The van der Waals surface area contributed by atoms with Crippen LogP contribution in [0.5, 0.6) is 0 Å². The lowest BCUT2D eigenvalue weighted by Gasteiger charge is -2.19. The molecule has 2 amide bonds. The Balaban J connectivity index is 2.19. The van der Waals surface area contributed by atoms with E-state index in [9.17, 15) is 9.59 Å². The smallest absolute Gasteiger partial charge is 0.253 e. The maximum atomic E-state index is 12.7. The van der Waals surface area contributed by atoms with E-state index in [0.717, 1.165) is 17.1 Å². The largest absolute Gasteiger partial charge is 0.467 e. The minimum atomic E-state index is -0.536. The van der Waals surface area contributed by atoms with Gasteiger partial charge < -0.3 is 19.6 Å². The summed E-state index contributed by atoms with van der Waals surface area (Å²) in [6.07, 6.45) is 2.23. The lowest BCUT2D eigenvalue weighted by atomic mass is 10.0. The molecule has 2 aromatic rings. The highest BCUT2D eigenvalue weighted by atomic mass is 16.3. The normalized spacial score (nSPS) is 12.2. The molecular weight excluding hydrogens is 318 g/mol. The quantitative estimate of drug-likeness (QED) is 0.810. The van der Waals surface area contributed by atoms with Crippen LogP contribution in [0.25, 0.3) is 0 Å². The third-order valence-corrected chi connectivity index (χ3v) is 4.29. The fourth-order valence-corrected chi connectivity index (χ4v) is 2.95. The van der Waals surface area contributed by atoms with Crippen LogP contribution in [0, 0.1) is 19.8 Å². The molecule has 0 saturated carbocycles. The maximum absolute atomic E-state index is 12.7. The van der Waals surface area contributed by atoms with E-state index in [1.807, 2.05) is 50.5 Å². The van der Waals surface area contributed by atoms with Crippen LogP contribution >= 0.6 is 0 Å². The molecular formula is C19H27N3O3. The zero-order valence-corrected chi connectivity index (χ0v) is 15.6. The molecule has 0 saturated heterocycles. The molecule has 0 spiro atoms. The van der Waals surface area contributed by atoms with Gasteiger partial charge in [0.15, 0.2) is 0 Å². The second kappa shape index (κ2) is 8.05. The van der Waals surface area contributed by atoms with Crippen molar-refractivity contribution >= 4 is 11.8 Å². The first-order valence-electron chi connectivity index (χ1n) is 8.55. The number of amides is 2. The van der Waals surface area contributed by atoms with Crippen LogP contribution < -0.4 is 10.6 Å². The molecule has 0 aromatic carbocycles. The molecule has 6 heteroatoms. The summed E-state index contributed by atoms with van der Waals surface area (Å²) in [5, 5.41) is 5.48. The Morgan fingerprint density at radius 1 is 1.28 bits per heavy atom. The molecule has 136 valence electrons. The lowest BCUT2D eigenvalue weighted by Crippen LogP contribution is -2.46. The molecule has 6 nitrogen and oxygen atoms in total. The summed E-state index contributed by atoms with van der Waals surface area (Å²) >= 11 is 0. The number of furan rings is 1. The topological polar surface area (TPSA) is 76.3 Å². The molecule has 0 fully saturated rings. The Morgan fingerprint density at radius 2 is 2.00 bits per heavy atom. The average molecular weight is 345 g/mol. The third-order valence-electron chi connectivity index (χ3n) is 4.29. The van der Waals surface area contributed by atoms with Crippen molar-refractivity contribution in [3.8, 4) is 0 Å². The molecule has 1 atom stereocenters. The van der Waals surface area contributed by atoms with Crippen LogP contribution in [0.2, 0.25) is 0 Å². The van der Waals surface area contributed by atoms with Crippen LogP contribution in [0.1, 0.15) is 47.8 Å². The van der Waals surface area contributed by atoms with Crippen molar-refractivity contribution in [1.29, 1.82) is 0 Å². The number of nitrogens with zero attached hydrogens (tertiary/aromatic N) is 1. The van der Waals surface area contributed by atoms with Gasteiger partial charge in [0.2, 0.25) is 5.91 Å². The van der Waals surface area contributed by atoms with Gasteiger partial charge in [-0.25, -0.2) is 0 Å². The number of likely N-dealkylation sites (N-methyl/N-ethyl adjacent to an activating group) is 1. The predicted octanol–water partition coefficient (Wildman–Crippen LogP) is 2.64. The van der Waals surface area contributed by atoms with Gasteiger partial charge in [-0.05, 0) is 44.4 Å². The highest BCUT2D eigenvalue weighted by Gasteiger charge is 2.24. The number of rotatable bonds is 7. The van der Waals surface area contributed by atoms with E-state index in [2.05, 4.69) is 10.6 Å². The summed E-state index contributed by atoms with van der Waals surface area (Å²) in [6.45, 7) is 8.48. The van der Waals surface area contributed by atoms with Crippen LogP contribution in [-0.2, 0) is 11.3 Å². The van der Waals surface area contributed by atoms with Gasteiger partial charge in [0.25, 0.3) is 5.91 Å². The number of carbonyl (C=O) groups is 2. The highest BCUT2D eigenvalue weighted by molar-refractivity contribution is 5.98. The highest BCUT2D eigenvalue weighted by Crippen LogP contribution is 2.18. The molecule has 0 bridgehead atoms. The summed E-state index contributed by atoms with van der Waals surface area (Å²) < 4.78 is 7.43. The maximum Gasteiger partial charge on any atom is 0.253 e. The summed E-state index contributed by atoms with van der Waals surface area (Å²) in [5.41, 5.74) is 2.41. The summed E-state index contributed by atoms with van der Waals surface area (Å²) in [7, 11) is 1.58. The van der Waals surface area contributed by atoms with Crippen molar-refractivity contribution < 1.29 is 14.0 Å². The van der Waals surface area contributed by atoms with E-state index in [0.29, 0.717) is 24.4 Å². The van der Waals surface area contributed by atoms with Crippen LogP contribution in [0.4, 0.5) is 0 Å². The van der Waals surface area contributed by atoms with Crippen LogP contribution in [-0.4, -0.2) is 29.5 Å². The van der Waals surface area contributed by atoms with Crippen molar-refractivity contribution in [2.24, 2.45) is 5.92 Å². The minimum Gasteiger partial charge on any atom is -0.467 e. The first kappa shape index (κ1) is 18.8. The van der Waals surface area contributed by atoms with E-state index in [4.69, 9.17) is 4.42 Å². The summed E-state index contributed by atoms with van der Waals surface area (Å²) in [6, 6.07) is 5.06. The van der Waals surface area contributed by atoms with Crippen molar-refractivity contribution in [3.05, 3.63) is 47.2 Å². The fraction of sp³-hybridized carbons (Fsp3) is 0.474. The standard InChI is InChI=1S/C19H27N3O3/c1-12(2)9-17(19(24)20-5)21-18(23)16-10-13(3)22(14(16)4)11-15-7-6-8-25-15/h6-8,10,12,17H,9,11H2,1-5H3,(H,20,24)(H,21,23)/t17-/m0/s1. The number of nitrogens with one attached hydrogen (secondary N) is 2. The van der Waals surface area contributed by atoms with Crippen molar-refractivity contribution in [2.45, 2.75) is 46.7 Å². The first-order chi connectivity index (χ1) is 11.8. The zero-order chi connectivity index (χ0) is 18.6. The Kier molecular flexibility index (Phi) is 6.07. The van der Waals surface area contributed by atoms with Crippen LogP contribution in [0.15, 0.2) is 28.9 Å². The predicted molar refractivity (Wildman–Crippen MR) is 96.5 cm³/mol. The van der Waals surface area contributed by atoms with Gasteiger partial charge in [0.05, 0.1) is 18.4 Å². The van der Waals surface area contributed by atoms with Gasteiger partial charge in [0.1, 0.15) is 11.8 Å². The van der Waals surface area contributed by atoms with E-state index in [1.165, 1.54) is 0 Å². The van der Waals surface area contributed by atoms with Crippen LogP contribution in [0.3, 0.4) is 0 Å². The first-order valence-corrected chi connectivity index (χ1v) is 8.55. The van der Waals surface area contributed by atoms with Crippen molar-refractivity contribution in [1.82, 2.24) is 15.2 Å². The molecule has 2 N–H and O–H groups in total. The summed E-state index contributed by atoms with van der Waals surface area (Å²) in [4.78, 5) is 24.8. The lowest BCUT2D eigenvalue weighted by molar-refractivity contribution is -0.122. The average Bonchev–Trinajstić information content (AvgIpc) is 3.16. The molecule has 0 aliphatic carbocycles. The molecule has 2 heterocycles. The number of hydrogen-bond acceptors (Lipinski definition) is 3. The Hall–Kier alpha value is -2.50. The molecule has 2 aromatic heterocycles. The molecule has 25 heavy (non-hydrogen) atoms. The molecule has 2 rings (SSSR count). The number of aromatic nitrogens is 1. The Labute approximate surface area is 148 Å². The fourth-order valence-electron chi connectivity index (χ4n) is 2.95. The van der Waals surface area contributed by atoms with E-state index < -0.39 is 6.04 Å². The van der Waals surface area contributed by atoms with E-state index in [1.54, 1.807) is 13.3 Å². The van der Waals surface area contributed by atoms with E-state index >= 15 is 0 Å². The monoisotopic (exact) mass is 345 g/mol. The molecule has 0 radical (unpaired) electrons. The molecule has 0 aliphatic heterocycles. The van der Waals surface area contributed by atoms with Gasteiger partial charge in [-0.1, -0.05) is 13.8 Å². The number of carbonyl (C=O) groups excluding carboxylic acids is 2. The third kappa shape index (κ3) is 4.53. The number of aryl methyl sites for hydroxylation is 1. The second-order valence-corrected chi connectivity index (χ2v) is 6.72. The Bertz CT molecular complexity index is 729. The molecule has 0 aliphatic rings. The SMILES string of the molecule is CNC(=O)[C@H](CC(C)C)NC(=O)c1cc(C)n(Cc2ccco2)c1C. The van der Waals surface area contributed by atoms with Gasteiger partial charge >= 0.3 is 0 Å². The van der Waals surface area contributed by atoms with Gasteiger partial charge in [-0.2, -0.15) is 0 Å². The zero-order valence-electron chi connectivity index (χ0n) is 15.6. The Morgan fingerprint density at radius 3 is 2.56 bits per heavy atom. The minimum absolute atomic E-state index is 0.175.